The fourth-order valence-electron chi connectivity index (χ4n) is 2.82. The monoisotopic (exact) mass is 472 g/mol. The number of carbonyl (C=O) groups excluding carboxylic acids is 3. The number of hydrogen-bond acceptors (Lipinski definition) is 10. The first-order valence-electron chi connectivity index (χ1n) is 10.2. The van der Waals surface area contributed by atoms with E-state index in [1.165, 1.54) is 14.0 Å². The van der Waals surface area contributed by atoms with E-state index in [0.717, 1.165) is 5.69 Å². The van der Waals surface area contributed by atoms with Gasteiger partial charge in [0.05, 0.1) is 20.1 Å². The average molecular weight is 472 g/mol. The van der Waals surface area contributed by atoms with Gasteiger partial charge in [0, 0.05) is 30.3 Å². The highest BCUT2D eigenvalue weighted by Crippen LogP contribution is 2.60. The molecule has 0 radical (unpaired) electrons. The van der Waals surface area contributed by atoms with E-state index in [1.54, 1.807) is 26.1 Å². The lowest BCUT2D eigenvalue weighted by molar-refractivity contribution is -0.146. The third kappa shape index (κ3) is 7.75. The molecule has 32 heavy (non-hydrogen) atoms. The highest BCUT2D eigenvalue weighted by atomic mass is 31.2. The van der Waals surface area contributed by atoms with Crippen molar-refractivity contribution < 1.29 is 37.8 Å². The maximum Gasteiger partial charge on any atom is 0.500 e. The van der Waals surface area contributed by atoms with Crippen molar-refractivity contribution in [1.82, 2.24) is 15.4 Å². The summed E-state index contributed by atoms with van der Waals surface area (Å²) >= 11 is 0. The van der Waals surface area contributed by atoms with Gasteiger partial charge in [-0.1, -0.05) is 19.9 Å². The Labute approximate surface area is 187 Å². The molecule has 11 nitrogen and oxygen atoms in total. The van der Waals surface area contributed by atoms with Crippen molar-refractivity contribution in [3.8, 4) is 0 Å². The second-order valence-corrected chi connectivity index (χ2v) is 9.74. The molecule has 2 rings (SSSR count). The van der Waals surface area contributed by atoms with Crippen molar-refractivity contribution in [3.63, 3.8) is 0 Å². The zero-order valence-corrected chi connectivity index (χ0v) is 19.6. The number of carbonyl (C=O) groups is 3. The molecule has 0 aromatic carbocycles. The van der Waals surface area contributed by atoms with E-state index in [0.29, 0.717) is 6.42 Å². The number of ether oxygens (including phenoxy) is 2. The summed E-state index contributed by atoms with van der Waals surface area (Å²) in [5.74, 6) is -1.57. The number of nitrogens with one attached hydrogen (secondary N) is 2. The zero-order chi connectivity index (χ0) is 23.8. The van der Waals surface area contributed by atoms with E-state index in [-0.39, 0.29) is 26.2 Å². The van der Waals surface area contributed by atoms with Gasteiger partial charge >= 0.3 is 20.0 Å². The average Bonchev–Trinajstić information content (AvgIpc) is 2.76. The lowest BCUT2D eigenvalue weighted by Crippen LogP contribution is -2.53. The molecular formula is C20H31N3O8P+. The topological polar surface area (TPSA) is 145 Å². The van der Waals surface area contributed by atoms with Crippen LogP contribution in [-0.4, -0.2) is 66.7 Å². The van der Waals surface area contributed by atoms with E-state index >= 15 is 0 Å². The maximum absolute atomic E-state index is 12.6. The molecule has 1 saturated heterocycles. The van der Waals surface area contributed by atoms with Crippen molar-refractivity contribution in [1.29, 1.82) is 0 Å². The first kappa shape index (κ1) is 26.1. The van der Waals surface area contributed by atoms with Crippen LogP contribution in [0.3, 0.4) is 0 Å². The molecule has 12 heteroatoms. The third-order valence-electron chi connectivity index (χ3n) is 4.70. The van der Waals surface area contributed by atoms with Gasteiger partial charge in [-0.05, 0) is 19.1 Å². The van der Waals surface area contributed by atoms with Crippen LogP contribution in [0.25, 0.3) is 0 Å². The van der Waals surface area contributed by atoms with E-state index < -0.39 is 43.5 Å². The standard InChI is InChI=1S/C20H30N3O8P/c1-14(19(26)29-12-9-15-7-5-6-10-21-15)23-32(27)30-13-20(2,3)17(31-32)18(25)22-11-8-16(24)28-4/h5-7,10,14,17,23,27H,8-9,11-13H2,1-4H3/p+1/t14-,17-,32?/m0/s1. The summed E-state index contributed by atoms with van der Waals surface area (Å²) in [7, 11) is -2.47. The number of rotatable bonds is 10. The Bertz CT molecular complexity index is 794. The molecule has 0 spiro atoms. The van der Waals surface area contributed by atoms with E-state index in [4.69, 9.17) is 13.8 Å². The summed E-state index contributed by atoms with van der Waals surface area (Å²) in [6.07, 6.45) is 1.05. The van der Waals surface area contributed by atoms with Crippen molar-refractivity contribution >= 4 is 25.9 Å². The lowest BCUT2D eigenvalue weighted by Gasteiger charge is -2.37. The van der Waals surface area contributed by atoms with Gasteiger partial charge < -0.3 is 14.8 Å². The van der Waals surface area contributed by atoms with E-state index in [9.17, 15) is 19.3 Å². The van der Waals surface area contributed by atoms with Crippen LogP contribution in [0.15, 0.2) is 24.4 Å². The Morgan fingerprint density at radius 2 is 2.12 bits per heavy atom. The second-order valence-electron chi connectivity index (χ2n) is 7.97. The molecule has 178 valence electrons. The first-order chi connectivity index (χ1) is 15.1. The minimum atomic E-state index is -3.73. The van der Waals surface area contributed by atoms with Crippen molar-refractivity contribution in [2.24, 2.45) is 5.41 Å². The van der Waals surface area contributed by atoms with Crippen LogP contribution in [0.5, 0.6) is 0 Å². The van der Waals surface area contributed by atoms with E-state index in [1.807, 2.05) is 12.1 Å². The van der Waals surface area contributed by atoms with Crippen molar-refractivity contribution in [3.05, 3.63) is 30.1 Å². The van der Waals surface area contributed by atoms with E-state index in [2.05, 4.69) is 20.1 Å². The van der Waals surface area contributed by atoms with Gasteiger partial charge in [-0.25, -0.2) is 0 Å². The number of esters is 2. The molecule has 0 bridgehead atoms. The predicted octanol–water partition coefficient (Wildman–Crippen LogP) is 0.936. The van der Waals surface area contributed by atoms with Crippen LogP contribution in [0.2, 0.25) is 0 Å². The molecule has 2 heterocycles. The van der Waals surface area contributed by atoms with Gasteiger partial charge in [0.2, 0.25) is 0 Å². The first-order valence-corrected chi connectivity index (χ1v) is 11.8. The molecule has 1 aliphatic rings. The fraction of sp³-hybridized carbons (Fsp3) is 0.600. The number of amides is 1. The van der Waals surface area contributed by atoms with Crippen LogP contribution < -0.4 is 10.4 Å². The zero-order valence-electron chi connectivity index (χ0n) is 18.7. The predicted molar refractivity (Wildman–Crippen MR) is 115 cm³/mol. The molecule has 1 aliphatic heterocycles. The number of hydrogen-bond donors (Lipinski definition) is 3. The molecule has 1 amide bonds. The summed E-state index contributed by atoms with van der Waals surface area (Å²) in [6, 6.07) is 4.52. The number of nitrogens with zero attached hydrogens (tertiary/aromatic N) is 1. The van der Waals surface area contributed by atoms with Gasteiger partial charge in [0.1, 0.15) is 12.6 Å². The SMILES string of the molecule is COC(=O)CCNC(=O)[C@@H]1O[P+](O)(N[C@@H](C)C(=O)OCCc2ccccn2)OCC1(C)C. The molecule has 1 unspecified atom stereocenters. The van der Waals surface area contributed by atoms with Crippen LogP contribution in [0.1, 0.15) is 32.9 Å². The van der Waals surface area contributed by atoms with Crippen LogP contribution in [0, 0.1) is 5.41 Å². The number of pyridine rings is 1. The Hall–Kier alpha value is -2.17. The summed E-state index contributed by atoms with van der Waals surface area (Å²) in [6.45, 7) is 5.19. The summed E-state index contributed by atoms with van der Waals surface area (Å²) in [5.41, 5.74) is 0.0321. The molecule has 0 aliphatic carbocycles. The summed E-state index contributed by atoms with van der Waals surface area (Å²) < 4.78 is 20.9. The van der Waals surface area contributed by atoms with Crippen LogP contribution >= 0.6 is 8.09 Å². The van der Waals surface area contributed by atoms with Gasteiger partial charge in [0.25, 0.3) is 5.91 Å². The molecular weight excluding hydrogens is 441 g/mol. The van der Waals surface area contributed by atoms with Crippen molar-refractivity contribution in [2.75, 3.05) is 26.9 Å². The van der Waals surface area contributed by atoms with Gasteiger partial charge in [-0.15, -0.1) is 9.61 Å². The molecule has 3 atom stereocenters. The second kappa shape index (κ2) is 11.6. The molecule has 1 aromatic heterocycles. The molecule has 0 saturated carbocycles. The Morgan fingerprint density at radius 1 is 1.38 bits per heavy atom. The number of methoxy groups -OCH3 is 1. The molecule has 1 aromatic rings. The molecule has 1 fully saturated rings. The minimum absolute atomic E-state index is 0.00489. The Balaban J connectivity index is 1.88. The quantitative estimate of drug-likeness (QED) is 0.332. The summed E-state index contributed by atoms with van der Waals surface area (Å²) in [4.78, 5) is 51.1. The smallest absolute Gasteiger partial charge is 0.469 e. The Kier molecular flexibility index (Phi) is 9.47. The van der Waals surface area contributed by atoms with Crippen LogP contribution in [-0.2, 0) is 39.3 Å². The highest BCUT2D eigenvalue weighted by molar-refractivity contribution is 7.58. The van der Waals surface area contributed by atoms with Gasteiger partial charge in [-0.3, -0.25) is 19.4 Å². The molecule has 3 N–H and O–H groups in total. The lowest BCUT2D eigenvalue weighted by atomic mass is 9.87. The largest absolute Gasteiger partial charge is 0.500 e. The maximum atomic E-state index is 12.6. The minimum Gasteiger partial charge on any atom is -0.469 e. The van der Waals surface area contributed by atoms with Gasteiger partial charge in [-0.2, -0.15) is 9.42 Å². The van der Waals surface area contributed by atoms with Crippen molar-refractivity contribution in [2.45, 2.75) is 45.8 Å². The number of aromatic nitrogens is 1. The normalized spacial score (nSPS) is 23.1. The third-order valence-corrected chi connectivity index (χ3v) is 6.39. The Morgan fingerprint density at radius 3 is 2.78 bits per heavy atom. The fourth-order valence-corrected chi connectivity index (χ4v) is 4.79. The highest BCUT2D eigenvalue weighted by Gasteiger charge is 2.58. The summed E-state index contributed by atoms with van der Waals surface area (Å²) in [5, 5.41) is 5.22. The van der Waals surface area contributed by atoms with Crippen LogP contribution in [0.4, 0.5) is 0 Å². The van der Waals surface area contributed by atoms with Gasteiger partial charge in [0.15, 0.2) is 6.10 Å².